The van der Waals surface area contributed by atoms with Crippen LogP contribution >= 0.6 is 23.1 Å². The van der Waals surface area contributed by atoms with Crippen molar-refractivity contribution in [3.05, 3.63) is 76.2 Å². The van der Waals surface area contributed by atoms with Crippen LogP contribution in [0.1, 0.15) is 5.82 Å². The molecule has 7 heteroatoms. The molecule has 0 saturated carbocycles. The minimum absolute atomic E-state index is 0.368. The summed E-state index contributed by atoms with van der Waals surface area (Å²) in [5.74, 6) is 1.59. The molecule has 0 bridgehead atoms. The van der Waals surface area contributed by atoms with Crippen molar-refractivity contribution < 1.29 is 4.42 Å². The van der Waals surface area contributed by atoms with Crippen molar-refractivity contribution in [1.29, 1.82) is 0 Å². The van der Waals surface area contributed by atoms with E-state index in [1.165, 1.54) is 11.3 Å². The quantitative estimate of drug-likeness (QED) is 0.341. The molecule has 0 aliphatic heterocycles. The van der Waals surface area contributed by atoms with Gasteiger partial charge in [-0.3, -0.25) is 0 Å². The van der Waals surface area contributed by atoms with Gasteiger partial charge in [0.2, 0.25) is 0 Å². The van der Waals surface area contributed by atoms with Gasteiger partial charge >= 0.3 is 5.63 Å². The summed E-state index contributed by atoms with van der Waals surface area (Å²) >= 11 is 3.11. The lowest BCUT2D eigenvalue weighted by Crippen LogP contribution is -2.02. The van der Waals surface area contributed by atoms with Gasteiger partial charge in [0.1, 0.15) is 11.4 Å². The topological polar surface area (TPSA) is 71.8 Å². The monoisotopic (exact) mass is 391 g/mol. The van der Waals surface area contributed by atoms with Crippen molar-refractivity contribution in [2.75, 3.05) is 0 Å². The molecule has 0 spiro atoms. The van der Waals surface area contributed by atoms with Crippen LogP contribution in [0.4, 0.5) is 0 Å². The van der Waals surface area contributed by atoms with E-state index in [1.807, 2.05) is 53.9 Å². The van der Waals surface area contributed by atoms with Gasteiger partial charge in [-0.15, -0.1) is 11.3 Å². The zero-order chi connectivity index (χ0) is 18.2. The Kier molecular flexibility index (Phi) is 4.03. The number of fused-ring (bicyclic) bond motifs is 2. The molecule has 5 aromatic rings. The fraction of sp³-hybridized carbons (Fsp3) is 0.0500. The summed E-state index contributed by atoms with van der Waals surface area (Å²) in [6.45, 7) is 0. The van der Waals surface area contributed by atoms with Crippen LogP contribution in [-0.4, -0.2) is 15.0 Å². The number of rotatable bonds is 4. The second-order valence-corrected chi connectivity index (χ2v) is 8.05. The number of thioether (sulfide) groups is 1. The van der Waals surface area contributed by atoms with Gasteiger partial charge in [-0.1, -0.05) is 42.1 Å². The fourth-order valence-corrected chi connectivity index (χ4v) is 4.59. The van der Waals surface area contributed by atoms with Gasteiger partial charge in [0, 0.05) is 10.8 Å². The number of benzene rings is 2. The van der Waals surface area contributed by atoms with Crippen molar-refractivity contribution in [3.63, 3.8) is 0 Å². The molecular formula is C20H13N3O2S2. The molecule has 5 nitrogen and oxygen atoms in total. The smallest absolute Gasteiger partial charge is 0.345 e. The van der Waals surface area contributed by atoms with Crippen LogP contribution in [0.2, 0.25) is 0 Å². The van der Waals surface area contributed by atoms with Crippen molar-refractivity contribution >= 4 is 45.1 Å². The van der Waals surface area contributed by atoms with Crippen LogP contribution in [0.25, 0.3) is 33.3 Å². The summed E-state index contributed by atoms with van der Waals surface area (Å²) in [6.07, 6.45) is 0. The Morgan fingerprint density at radius 2 is 1.93 bits per heavy atom. The third-order valence-corrected chi connectivity index (χ3v) is 6.20. The second kappa shape index (κ2) is 6.68. The number of nitrogens with one attached hydrogen (secondary N) is 1. The van der Waals surface area contributed by atoms with E-state index in [9.17, 15) is 4.79 Å². The molecule has 5 rings (SSSR count). The SMILES string of the molecule is O=c1oc2ccccc2cc1-c1csc(SCc2nc3ccccc3[nH]2)n1. The van der Waals surface area contributed by atoms with Crippen LogP contribution in [0.15, 0.2) is 73.5 Å². The summed E-state index contributed by atoms with van der Waals surface area (Å²) in [7, 11) is 0. The van der Waals surface area contributed by atoms with Gasteiger partial charge in [0.15, 0.2) is 4.34 Å². The Balaban J connectivity index is 1.39. The van der Waals surface area contributed by atoms with Gasteiger partial charge in [-0.2, -0.15) is 0 Å². The standard InChI is InChI=1S/C20H13N3O2S2/c24-19-13(9-12-5-1-4-8-17(12)25-19)16-10-26-20(23-16)27-11-18-21-14-6-2-3-7-15(14)22-18/h1-10H,11H2,(H,21,22). The molecule has 3 aromatic heterocycles. The maximum atomic E-state index is 12.3. The molecule has 0 radical (unpaired) electrons. The molecule has 27 heavy (non-hydrogen) atoms. The molecule has 0 aliphatic carbocycles. The van der Waals surface area contributed by atoms with Gasteiger partial charge in [-0.05, 0) is 24.3 Å². The number of thiazole rings is 1. The normalized spacial score (nSPS) is 11.4. The molecule has 0 aliphatic rings. The number of aromatic amines is 1. The summed E-state index contributed by atoms with van der Waals surface area (Å²) in [4.78, 5) is 24.8. The van der Waals surface area contributed by atoms with E-state index in [0.717, 1.165) is 26.6 Å². The average Bonchev–Trinajstić information content (AvgIpc) is 3.32. The van der Waals surface area contributed by atoms with Gasteiger partial charge in [0.25, 0.3) is 0 Å². The summed E-state index contributed by atoms with van der Waals surface area (Å²) in [5, 5.41) is 2.78. The van der Waals surface area contributed by atoms with E-state index in [2.05, 4.69) is 15.0 Å². The van der Waals surface area contributed by atoms with E-state index < -0.39 is 0 Å². The molecule has 0 atom stereocenters. The molecule has 1 N–H and O–H groups in total. The number of aromatic nitrogens is 3. The number of imidazole rings is 1. The third kappa shape index (κ3) is 3.15. The first-order valence-corrected chi connectivity index (χ1v) is 10.2. The average molecular weight is 391 g/mol. The summed E-state index contributed by atoms with van der Waals surface area (Å²) in [5.41, 5.74) is 3.34. The van der Waals surface area contributed by atoms with Crippen LogP contribution in [0.5, 0.6) is 0 Å². The molecular weight excluding hydrogens is 378 g/mol. The Bertz CT molecular complexity index is 1290. The highest BCUT2D eigenvalue weighted by Gasteiger charge is 2.12. The highest BCUT2D eigenvalue weighted by molar-refractivity contribution is 8.00. The van der Waals surface area contributed by atoms with Crippen molar-refractivity contribution in [2.45, 2.75) is 10.1 Å². The van der Waals surface area contributed by atoms with Gasteiger partial charge in [0.05, 0.1) is 28.0 Å². The Hall–Kier alpha value is -2.90. The van der Waals surface area contributed by atoms with Crippen LogP contribution in [-0.2, 0) is 5.75 Å². The largest absolute Gasteiger partial charge is 0.422 e. The van der Waals surface area contributed by atoms with E-state index in [0.29, 0.717) is 22.6 Å². The number of nitrogens with zero attached hydrogens (tertiary/aromatic N) is 2. The maximum absolute atomic E-state index is 12.3. The molecule has 132 valence electrons. The van der Waals surface area contributed by atoms with E-state index >= 15 is 0 Å². The summed E-state index contributed by atoms with van der Waals surface area (Å²) in [6, 6.07) is 17.3. The first-order chi connectivity index (χ1) is 13.3. The van der Waals surface area contributed by atoms with Crippen LogP contribution in [0.3, 0.4) is 0 Å². The highest BCUT2D eigenvalue weighted by atomic mass is 32.2. The second-order valence-electron chi connectivity index (χ2n) is 5.97. The predicted octanol–water partition coefficient (Wildman–Crippen LogP) is 5.09. The van der Waals surface area contributed by atoms with Crippen LogP contribution < -0.4 is 5.63 Å². The van der Waals surface area contributed by atoms with Crippen molar-refractivity contribution in [2.24, 2.45) is 0 Å². The number of H-pyrrole nitrogens is 1. The number of hydrogen-bond acceptors (Lipinski definition) is 6. The molecule has 0 unspecified atom stereocenters. The Morgan fingerprint density at radius 1 is 1.07 bits per heavy atom. The molecule has 0 amide bonds. The van der Waals surface area contributed by atoms with E-state index in [4.69, 9.17) is 4.42 Å². The fourth-order valence-electron chi connectivity index (χ4n) is 2.89. The first-order valence-electron chi connectivity index (χ1n) is 8.31. The zero-order valence-corrected chi connectivity index (χ0v) is 15.6. The lowest BCUT2D eigenvalue weighted by molar-refractivity contribution is 0.563. The van der Waals surface area contributed by atoms with Gasteiger partial charge < -0.3 is 9.40 Å². The first kappa shape index (κ1) is 16.3. The lowest BCUT2D eigenvalue weighted by atomic mass is 10.1. The minimum Gasteiger partial charge on any atom is -0.422 e. The minimum atomic E-state index is -0.368. The van der Waals surface area contributed by atoms with E-state index in [1.54, 1.807) is 17.8 Å². The number of hydrogen-bond donors (Lipinski definition) is 1. The molecule has 0 fully saturated rings. The number of para-hydroxylation sites is 3. The highest BCUT2D eigenvalue weighted by Crippen LogP contribution is 2.30. The molecule has 0 saturated heterocycles. The van der Waals surface area contributed by atoms with Gasteiger partial charge in [-0.25, -0.2) is 14.8 Å². The lowest BCUT2D eigenvalue weighted by Gasteiger charge is -1.99. The Labute approximate surface area is 162 Å². The summed E-state index contributed by atoms with van der Waals surface area (Å²) < 4.78 is 6.29. The van der Waals surface area contributed by atoms with Crippen molar-refractivity contribution in [1.82, 2.24) is 15.0 Å². The third-order valence-electron chi connectivity index (χ3n) is 4.17. The predicted molar refractivity (Wildman–Crippen MR) is 109 cm³/mol. The molecule has 3 heterocycles. The van der Waals surface area contributed by atoms with Crippen molar-refractivity contribution in [3.8, 4) is 11.3 Å². The van der Waals surface area contributed by atoms with Crippen LogP contribution in [0, 0.1) is 0 Å². The Morgan fingerprint density at radius 3 is 2.85 bits per heavy atom. The zero-order valence-electron chi connectivity index (χ0n) is 14.0. The van der Waals surface area contributed by atoms with E-state index in [-0.39, 0.29) is 5.63 Å². The maximum Gasteiger partial charge on any atom is 0.345 e. The molecule has 2 aromatic carbocycles.